The third-order valence-electron chi connectivity index (χ3n) is 4.53. The molecule has 1 heterocycles. The number of furan rings is 1. The van der Waals surface area contributed by atoms with Crippen LogP contribution in [-0.2, 0) is 6.42 Å². The SMILES string of the molecule is CCc1c(C(C)NCC(C)(C)N(C)C)oc2ccccc12. The minimum Gasteiger partial charge on any atom is -0.459 e. The number of fused-ring (bicyclic) bond motifs is 1. The summed E-state index contributed by atoms with van der Waals surface area (Å²) >= 11 is 0. The Hall–Kier alpha value is -1.32. The molecule has 1 atom stereocenters. The summed E-state index contributed by atoms with van der Waals surface area (Å²) in [4.78, 5) is 2.24. The van der Waals surface area contributed by atoms with Gasteiger partial charge in [0, 0.05) is 23.0 Å². The van der Waals surface area contributed by atoms with Gasteiger partial charge in [0.1, 0.15) is 11.3 Å². The summed E-state index contributed by atoms with van der Waals surface area (Å²) in [6.45, 7) is 9.78. The Balaban J connectivity index is 2.21. The lowest BCUT2D eigenvalue weighted by molar-refractivity contribution is 0.183. The predicted molar refractivity (Wildman–Crippen MR) is 89.8 cm³/mol. The van der Waals surface area contributed by atoms with Gasteiger partial charge in [-0.1, -0.05) is 25.1 Å². The molecule has 0 saturated carbocycles. The quantitative estimate of drug-likeness (QED) is 0.871. The highest BCUT2D eigenvalue weighted by molar-refractivity contribution is 5.82. The van der Waals surface area contributed by atoms with Crippen LogP contribution >= 0.6 is 0 Å². The van der Waals surface area contributed by atoms with Crippen molar-refractivity contribution in [1.29, 1.82) is 0 Å². The van der Waals surface area contributed by atoms with Crippen LogP contribution in [0.3, 0.4) is 0 Å². The molecule has 1 aromatic heterocycles. The number of nitrogens with zero attached hydrogens (tertiary/aromatic N) is 1. The summed E-state index contributed by atoms with van der Waals surface area (Å²) in [7, 11) is 4.23. The van der Waals surface area contributed by atoms with Gasteiger partial charge in [0.15, 0.2) is 0 Å². The van der Waals surface area contributed by atoms with Crippen LogP contribution in [0.15, 0.2) is 28.7 Å². The van der Waals surface area contributed by atoms with Crippen molar-refractivity contribution in [2.24, 2.45) is 0 Å². The zero-order chi connectivity index (χ0) is 15.6. The van der Waals surface area contributed by atoms with E-state index in [1.807, 2.05) is 6.07 Å². The Morgan fingerprint density at radius 1 is 1.24 bits per heavy atom. The maximum atomic E-state index is 6.10. The molecule has 0 spiro atoms. The zero-order valence-corrected chi connectivity index (χ0v) is 14.2. The molecule has 0 fully saturated rings. The van der Waals surface area contributed by atoms with Crippen LogP contribution < -0.4 is 5.32 Å². The summed E-state index contributed by atoms with van der Waals surface area (Å²) in [6, 6.07) is 8.52. The molecule has 2 rings (SSSR count). The van der Waals surface area contributed by atoms with Crippen molar-refractivity contribution in [2.75, 3.05) is 20.6 Å². The van der Waals surface area contributed by atoms with Gasteiger partial charge in [-0.15, -0.1) is 0 Å². The van der Waals surface area contributed by atoms with Gasteiger partial charge in [-0.3, -0.25) is 0 Å². The van der Waals surface area contributed by atoms with Gasteiger partial charge in [-0.05, 0) is 47.4 Å². The maximum Gasteiger partial charge on any atom is 0.134 e. The lowest BCUT2D eigenvalue weighted by Crippen LogP contribution is -2.47. The lowest BCUT2D eigenvalue weighted by Gasteiger charge is -2.33. The molecule has 3 nitrogen and oxygen atoms in total. The fraction of sp³-hybridized carbons (Fsp3) is 0.556. The summed E-state index contributed by atoms with van der Waals surface area (Å²) in [6.07, 6.45) is 0.995. The monoisotopic (exact) mass is 288 g/mol. The Morgan fingerprint density at radius 3 is 2.52 bits per heavy atom. The average molecular weight is 288 g/mol. The van der Waals surface area contributed by atoms with Gasteiger partial charge in [-0.25, -0.2) is 0 Å². The molecule has 0 aliphatic rings. The van der Waals surface area contributed by atoms with Crippen LogP contribution in [0.2, 0.25) is 0 Å². The van der Waals surface area contributed by atoms with Gasteiger partial charge in [0.25, 0.3) is 0 Å². The minimum absolute atomic E-state index is 0.118. The van der Waals surface area contributed by atoms with Crippen molar-refractivity contribution >= 4 is 11.0 Å². The first-order valence-electron chi connectivity index (χ1n) is 7.78. The Labute approximate surface area is 128 Å². The van der Waals surface area contributed by atoms with E-state index in [0.717, 1.165) is 24.3 Å². The van der Waals surface area contributed by atoms with E-state index in [9.17, 15) is 0 Å². The zero-order valence-electron chi connectivity index (χ0n) is 14.2. The summed E-state index contributed by atoms with van der Waals surface area (Å²) in [5, 5.41) is 4.87. The fourth-order valence-electron chi connectivity index (χ4n) is 2.49. The van der Waals surface area contributed by atoms with Crippen LogP contribution in [0.1, 0.15) is 45.1 Å². The maximum absolute atomic E-state index is 6.10. The number of para-hydroxylation sites is 1. The highest BCUT2D eigenvalue weighted by Crippen LogP contribution is 2.30. The van der Waals surface area contributed by atoms with Crippen LogP contribution in [-0.4, -0.2) is 31.1 Å². The lowest BCUT2D eigenvalue weighted by atomic mass is 10.0. The molecule has 1 N–H and O–H groups in total. The molecule has 21 heavy (non-hydrogen) atoms. The van der Waals surface area contributed by atoms with E-state index in [1.54, 1.807) is 0 Å². The van der Waals surface area contributed by atoms with E-state index in [0.29, 0.717) is 0 Å². The van der Waals surface area contributed by atoms with Gasteiger partial charge in [0.2, 0.25) is 0 Å². The number of hydrogen-bond donors (Lipinski definition) is 1. The molecular weight excluding hydrogens is 260 g/mol. The third-order valence-corrected chi connectivity index (χ3v) is 4.53. The molecule has 0 aliphatic heterocycles. The van der Waals surface area contributed by atoms with Gasteiger partial charge < -0.3 is 14.6 Å². The molecular formula is C18H28N2O. The molecule has 116 valence electrons. The highest BCUT2D eigenvalue weighted by atomic mass is 16.3. The summed E-state index contributed by atoms with van der Waals surface area (Å²) < 4.78 is 6.10. The minimum atomic E-state index is 0.118. The molecule has 0 bridgehead atoms. The second kappa shape index (κ2) is 6.20. The van der Waals surface area contributed by atoms with Crippen LogP contribution in [0.5, 0.6) is 0 Å². The molecule has 0 radical (unpaired) electrons. The first-order valence-corrected chi connectivity index (χ1v) is 7.78. The van der Waals surface area contributed by atoms with Crippen molar-refractivity contribution in [3.8, 4) is 0 Å². The molecule has 3 heteroatoms. The number of rotatable bonds is 6. The van der Waals surface area contributed by atoms with Crippen molar-refractivity contribution in [3.05, 3.63) is 35.6 Å². The number of hydrogen-bond acceptors (Lipinski definition) is 3. The summed E-state index contributed by atoms with van der Waals surface area (Å²) in [5.41, 5.74) is 2.44. The van der Waals surface area contributed by atoms with E-state index >= 15 is 0 Å². The van der Waals surface area contributed by atoms with Crippen LogP contribution in [0.4, 0.5) is 0 Å². The fourth-order valence-corrected chi connectivity index (χ4v) is 2.49. The van der Waals surface area contributed by atoms with Gasteiger partial charge in [0.05, 0.1) is 6.04 Å². The largest absolute Gasteiger partial charge is 0.459 e. The smallest absolute Gasteiger partial charge is 0.134 e. The van der Waals surface area contributed by atoms with Crippen molar-refractivity contribution in [3.63, 3.8) is 0 Å². The Bertz CT molecular complexity index is 598. The second-order valence-corrected chi connectivity index (χ2v) is 6.60. The van der Waals surface area contributed by atoms with Crippen molar-refractivity contribution < 1.29 is 4.42 Å². The molecule has 0 aliphatic carbocycles. The number of aryl methyl sites for hydroxylation is 1. The topological polar surface area (TPSA) is 28.4 Å². The number of likely N-dealkylation sites (N-methyl/N-ethyl adjacent to an activating group) is 1. The molecule has 0 amide bonds. The van der Waals surface area contributed by atoms with E-state index in [1.165, 1.54) is 10.9 Å². The standard InChI is InChI=1S/C18H28N2O/c1-7-14-15-10-8-9-11-16(15)21-17(14)13(2)19-12-18(3,4)20(5)6/h8-11,13,19H,7,12H2,1-6H3. The van der Waals surface area contributed by atoms with E-state index in [4.69, 9.17) is 4.42 Å². The molecule has 1 aromatic carbocycles. The predicted octanol–water partition coefficient (Wildman–Crippen LogP) is 3.99. The molecule has 0 saturated heterocycles. The normalized spacial score (nSPS) is 14.0. The first-order chi connectivity index (χ1) is 9.86. The number of benzene rings is 1. The average Bonchev–Trinajstić information content (AvgIpc) is 2.83. The highest BCUT2D eigenvalue weighted by Gasteiger charge is 2.23. The van der Waals surface area contributed by atoms with E-state index < -0.39 is 0 Å². The van der Waals surface area contributed by atoms with E-state index in [2.05, 4.69) is 70.2 Å². The van der Waals surface area contributed by atoms with Gasteiger partial charge in [-0.2, -0.15) is 0 Å². The van der Waals surface area contributed by atoms with Gasteiger partial charge >= 0.3 is 0 Å². The van der Waals surface area contributed by atoms with Crippen molar-refractivity contribution in [2.45, 2.75) is 45.7 Å². The third kappa shape index (κ3) is 3.30. The second-order valence-electron chi connectivity index (χ2n) is 6.60. The Kier molecular flexibility index (Phi) is 4.74. The van der Waals surface area contributed by atoms with Crippen molar-refractivity contribution in [1.82, 2.24) is 10.2 Å². The first kappa shape index (κ1) is 16.1. The van der Waals surface area contributed by atoms with Crippen LogP contribution in [0, 0.1) is 0 Å². The molecule has 2 aromatic rings. The van der Waals surface area contributed by atoms with Crippen LogP contribution in [0.25, 0.3) is 11.0 Å². The summed E-state index contributed by atoms with van der Waals surface area (Å²) in [5.74, 6) is 1.08. The van der Waals surface area contributed by atoms with E-state index in [-0.39, 0.29) is 11.6 Å². The molecule has 1 unspecified atom stereocenters. The Morgan fingerprint density at radius 2 is 1.90 bits per heavy atom. The number of nitrogens with one attached hydrogen (secondary N) is 1.